The number of unbranched alkanes of at least 4 members (excludes halogenated alkanes) is 5. The Balaban J connectivity index is 2.14. The van der Waals surface area contributed by atoms with E-state index in [2.05, 4.69) is 22.9 Å². The van der Waals surface area contributed by atoms with Crippen molar-refractivity contribution in [3.05, 3.63) is 27.7 Å². The van der Waals surface area contributed by atoms with Crippen molar-refractivity contribution in [1.82, 2.24) is 0 Å². The molecule has 0 atom stereocenters. The number of hydrogen-bond acceptors (Lipinski definition) is 1. The van der Waals surface area contributed by atoms with Crippen LogP contribution < -0.4 is 4.74 Å². The van der Waals surface area contributed by atoms with Crippen LogP contribution in [0.3, 0.4) is 0 Å². The minimum absolute atomic E-state index is 0.672. The molecular weight excluding hydrogens is 300 g/mol. The molecule has 0 aromatic heterocycles. The zero-order valence-electron chi connectivity index (χ0n) is 10.3. The second-order valence-electron chi connectivity index (χ2n) is 4.19. The van der Waals surface area contributed by atoms with Crippen molar-refractivity contribution in [2.24, 2.45) is 0 Å². The summed E-state index contributed by atoms with van der Waals surface area (Å²) in [4.78, 5) is 0. The van der Waals surface area contributed by atoms with E-state index in [1.807, 2.05) is 18.2 Å². The lowest BCUT2D eigenvalue weighted by Gasteiger charge is -2.08. The summed E-state index contributed by atoms with van der Waals surface area (Å²) in [6, 6.07) is 5.71. The molecule has 1 aromatic rings. The summed E-state index contributed by atoms with van der Waals surface area (Å²) >= 11 is 9.43. The molecule has 17 heavy (non-hydrogen) atoms. The van der Waals surface area contributed by atoms with Gasteiger partial charge in [-0.05, 0) is 24.6 Å². The monoisotopic (exact) mass is 318 g/mol. The van der Waals surface area contributed by atoms with Crippen molar-refractivity contribution < 1.29 is 4.74 Å². The average molecular weight is 320 g/mol. The molecule has 0 unspecified atom stereocenters. The molecule has 0 aliphatic carbocycles. The van der Waals surface area contributed by atoms with Crippen LogP contribution in [0.4, 0.5) is 0 Å². The Morgan fingerprint density at radius 2 is 1.82 bits per heavy atom. The fourth-order valence-electron chi connectivity index (χ4n) is 1.66. The summed E-state index contributed by atoms with van der Waals surface area (Å²) < 4.78 is 6.63. The highest BCUT2D eigenvalue weighted by Gasteiger charge is 2.01. The molecule has 0 aliphatic heterocycles. The first-order valence-corrected chi connectivity index (χ1v) is 7.49. The Morgan fingerprint density at radius 1 is 1.12 bits per heavy atom. The third-order valence-corrected chi connectivity index (χ3v) is 3.44. The predicted molar refractivity (Wildman–Crippen MR) is 78.0 cm³/mol. The number of benzene rings is 1. The highest BCUT2D eigenvalue weighted by molar-refractivity contribution is 9.10. The molecule has 0 spiro atoms. The predicted octanol–water partition coefficient (Wildman–Crippen LogP) is 5.84. The van der Waals surface area contributed by atoms with Gasteiger partial charge in [-0.3, -0.25) is 0 Å². The lowest BCUT2D eigenvalue weighted by atomic mass is 10.1. The molecular formula is C14H20BrClO. The first kappa shape index (κ1) is 14.8. The van der Waals surface area contributed by atoms with Gasteiger partial charge in [0.05, 0.1) is 11.6 Å². The van der Waals surface area contributed by atoms with Gasteiger partial charge in [0.2, 0.25) is 0 Å². The third-order valence-electron chi connectivity index (χ3n) is 2.65. The van der Waals surface area contributed by atoms with Crippen LogP contribution in [0.2, 0.25) is 5.02 Å². The van der Waals surface area contributed by atoms with Crippen molar-refractivity contribution in [3.8, 4) is 5.75 Å². The van der Waals surface area contributed by atoms with Gasteiger partial charge in [-0.25, -0.2) is 0 Å². The van der Waals surface area contributed by atoms with E-state index in [1.165, 1.54) is 32.1 Å². The quantitative estimate of drug-likeness (QED) is 0.547. The zero-order chi connectivity index (χ0) is 12.5. The van der Waals surface area contributed by atoms with Crippen LogP contribution in [0.25, 0.3) is 0 Å². The van der Waals surface area contributed by atoms with Crippen LogP contribution in [0, 0.1) is 0 Å². The number of halogens is 2. The molecule has 0 amide bonds. The smallest absolute Gasteiger partial charge is 0.137 e. The molecule has 0 N–H and O–H groups in total. The van der Waals surface area contributed by atoms with Gasteiger partial charge >= 0.3 is 0 Å². The van der Waals surface area contributed by atoms with E-state index in [-0.39, 0.29) is 0 Å². The lowest BCUT2D eigenvalue weighted by Crippen LogP contribution is -1.97. The number of hydrogen-bond donors (Lipinski definition) is 0. The van der Waals surface area contributed by atoms with Gasteiger partial charge in [-0.15, -0.1) is 0 Å². The lowest BCUT2D eigenvalue weighted by molar-refractivity contribution is 0.304. The summed E-state index contributed by atoms with van der Waals surface area (Å²) in [5.41, 5.74) is 0. The standard InChI is InChI=1S/C14H20BrClO/c1-2-3-4-5-6-7-10-17-14-9-8-12(15)11-13(14)16/h8-9,11H,2-7,10H2,1H3. The summed E-state index contributed by atoms with van der Waals surface area (Å²) in [6.07, 6.45) is 7.65. The second kappa shape index (κ2) is 8.82. The van der Waals surface area contributed by atoms with Crippen LogP contribution in [0.1, 0.15) is 45.4 Å². The van der Waals surface area contributed by atoms with Gasteiger partial charge in [0, 0.05) is 4.47 Å². The molecule has 0 aliphatic rings. The molecule has 0 saturated heterocycles. The summed E-state index contributed by atoms with van der Waals surface area (Å²) in [5.74, 6) is 0.781. The van der Waals surface area contributed by atoms with Crippen molar-refractivity contribution in [1.29, 1.82) is 0 Å². The Labute approximate surface area is 118 Å². The maximum atomic E-state index is 6.06. The van der Waals surface area contributed by atoms with Crippen LogP contribution >= 0.6 is 27.5 Å². The van der Waals surface area contributed by atoms with Crippen LogP contribution in [0.5, 0.6) is 5.75 Å². The van der Waals surface area contributed by atoms with Gasteiger partial charge in [-0.2, -0.15) is 0 Å². The maximum Gasteiger partial charge on any atom is 0.137 e. The van der Waals surface area contributed by atoms with E-state index in [9.17, 15) is 0 Å². The molecule has 1 nitrogen and oxygen atoms in total. The summed E-state index contributed by atoms with van der Waals surface area (Å²) in [5, 5.41) is 0.672. The molecule has 1 rings (SSSR count). The second-order valence-corrected chi connectivity index (χ2v) is 5.51. The maximum absolute atomic E-state index is 6.06. The molecule has 1 aromatic carbocycles. The fourth-order valence-corrected chi connectivity index (χ4v) is 2.38. The van der Waals surface area contributed by atoms with E-state index in [1.54, 1.807) is 0 Å². The number of rotatable bonds is 8. The van der Waals surface area contributed by atoms with Crippen molar-refractivity contribution in [3.63, 3.8) is 0 Å². The Morgan fingerprint density at radius 3 is 2.53 bits per heavy atom. The first-order valence-electron chi connectivity index (χ1n) is 6.32. The summed E-state index contributed by atoms with van der Waals surface area (Å²) in [6.45, 7) is 2.99. The van der Waals surface area contributed by atoms with Crippen molar-refractivity contribution >= 4 is 27.5 Å². The molecule has 96 valence electrons. The average Bonchev–Trinajstić information content (AvgIpc) is 2.30. The molecule has 0 fully saturated rings. The van der Waals surface area contributed by atoms with Crippen LogP contribution in [-0.4, -0.2) is 6.61 Å². The van der Waals surface area contributed by atoms with Gasteiger partial charge in [-0.1, -0.05) is 66.6 Å². The Bertz CT molecular complexity index is 328. The van der Waals surface area contributed by atoms with E-state index in [0.717, 1.165) is 23.2 Å². The third kappa shape index (κ3) is 6.32. The van der Waals surface area contributed by atoms with Gasteiger partial charge < -0.3 is 4.74 Å². The van der Waals surface area contributed by atoms with E-state index < -0.39 is 0 Å². The van der Waals surface area contributed by atoms with Gasteiger partial charge in [0.25, 0.3) is 0 Å². The van der Waals surface area contributed by atoms with Gasteiger partial charge in [0.1, 0.15) is 5.75 Å². The highest BCUT2D eigenvalue weighted by Crippen LogP contribution is 2.27. The zero-order valence-corrected chi connectivity index (χ0v) is 12.7. The van der Waals surface area contributed by atoms with E-state index in [4.69, 9.17) is 16.3 Å². The SMILES string of the molecule is CCCCCCCCOc1ccc(Br)cc1Cl. The normalized spacial score (nSPS) is 10.5. The number of ether oxygens (including phenoxy) is 1. The molecule has 0 radical (unpaired) electrons. The Hall–Kier alpha value is -0.210. The largest absolute Gasteiger partial charge is 0.492 e. The van der Waals surface area contributed by atoms with Crippen LogP contribution in [-0.2, 0) is 0 Å². The highest BCUT2D eigenvalue weighted by atomic mass is 79.9. The van der Waals surface area contributed by atoms with Crippen molar-refractivity contribution in [2.45, 2.75) is 45.4 Å². The summed E-state index contributed by atoms with van der Waals surface area (Å²) in [7, 11) is 0. The topological polar surface area (TPSA) is 9.23 Å². The molecule has 0 bridgehead atoms. The van der Waals surface area contributed by atoms with E-state index >= 15 is 0 Å². The molecule has 3 heteroatoms. The van der Waals surface area contributed by atoms with Gasteiger partial charge in [0.15, 0.2) is 0 Å². The molecule has 0 saturated carbocycles. The minimum atomic E-state index is 0.672. The minimum Gasteiger partial charge on any atom is -0.492 e. The van der Waals surface area contributed by atoms with Crippen LogP contribution in [0.15, 0.2) is 22.7 Å². The fraction of sp³-hybridized carbons (Fsp3) is 0.571. The Kier molecular flexibility index (Phi) is 7.70. The van der Waals surface area contributed by atoms with Crippen molar-refractivity contribution in [2.75, 3.05) is 6.61 Å². The molecule has 0 heterocycles. The van der Waals surface area contributed by atoms with E-state index in [0.29, 0.717) is 5.02 Å². The first-order chi connectivity index (χ1) is 8.24.